The molecule has 0 aromatic heterocycles. The lowest BCUT2D eigenvalue weighted by Crippen LogP contribution is -2.44. The minimum absolute atomic E-state index is 0.177. The van der Waals surface area contributed by atoms with Crippen molar-refractivity contribution in [3.8, 4) is 0 Å². The molecule has 18 heavy (non-hydrogen) atoms. The molecule has 0 radical (unpaired) electrons. The fourth-order valence-corrected chi connectivity index (χ4v) is 2.08. The van der Waals surface area contributed by atoms with Crippen molar-refractivity contribution in [2.45, 2.75) is 38.9 Å². The van der Waals surface area contributed by atoms with Crippen LogP contribution in [0.25, 0.3) is 0 Å². The van der Waals surface area contributed by atoms with Crippen molar-refractivity contribution < 1.29 is 14.6 Å². The Hall–Kier alpha value is -0.650. The van der Waals surface area contributed by atoms with Gasteiger partial charge in [0.1, 0.15) is 6.10 Å². The van der Waals surface area contributed by atoms with E-state index in [4.69, 9.17) is 4.74 Å². The number of amides is 1. The molecule has 1 aliphatic heterocycles. The molecule has 1 fully saturated rings. The van der Waals surface area contributed by atoms with E-state index in [1.54, 1.807) is 6.92 Å². The third-order valence-corrected chi connectivity index (χ3v) is 3.58. The van der Waals surface area contributed by atoms with Crippen molar-refractivity contribution >= 4 is 5.91 Å². The van der Waals surface area contributed by atoms with Gasteiger partial charge in [0.25, 0.3) is 0 Å². The second kappa shape index (κ2) is 7.71. The fourth-order valence-electron chi connectivity index (χ4n) is 2.08. The van der Waals surface area contributed by atoms with Gasteiger partial charge in [-0.1, -0.05) is 6.92 Å². The van der Waals surface area contributed by atoms with Gasteiger partial charge in [0.2, 0.25) is 5.91 Å². The Kier molecular flexibility index (Phi) is 6.60. The monoisotopic (exact) mass is 258 g/mol. The number of carbonyl (C=O) groups excluding carboxylic acids is 1. The average molecular weight is 258 g/mol. The van der Waals surface area contributed by atoms with Crippen LogP contribution in [0.1, 0.15) is 26.7 Å². The van der Waals surface area contributed by atoms with Crippen LogP contribution >= 0.6 is 0 Å². The van der Waals surface area contributed by atoms with Crippen molar-refractivity contribution in [2.75, 3.05) is 33.3 Å². The number of nitrogens with zero attached hydrogens (tertiary/aromatic N) is 1. The summed E-state index contributed by atoms with van der Waals surface area (Å²) in [4.78, 5) is 13.7. The molecule has 1 amide bonds. The summed E-state index contributed by atoms with van der Waals surface area (Å²) in [7, 11) is 1.50. The Morgan fingerprint density at radius 1 is 1.50 bits per heavy atom. The van der Waals surface area contributed by atoms with Crippen LogP contribution in [-0.4, -0.2) is 61.4 Å². The maximum absolute atomic E-state index is 11.5. The maximum Gasteiger partial charge on any atom is 0.248 e. The van der Waals surface area contributed by atoms with Crippen LogP contribution in [0.2, 0.25) is 0 Å². The summed E-state index contributed by atoms with van der Waals surface area (Å²) in [5.74, 6) is 0.615. The van der Waals surface area contributed by atoms with Crippen LogP contribution in [0.4, 0.5) is 0 Å². The molecule has 0 saturated carbocycles. The number of likely N-dealkylation sites (tertiary alicyclic amines) is 1. The van der Waals surface area contributed by atoms with Crippen molar-refractivity contribution in [3.63, 3.8) is 0 Å². The van der Waals surface area contributed by atoms with Crippen LogP contribution < -0.4 is 5.32 Å². The second-order valence-corrected chi connectivity index (χ2v) is 5.26. The smallest absolute Gasteiger partial charge is 0.248 e. The summed E-state index contributed by atoms with van der Waals surface area (Å²) in [6, 6.07) is 0. The molecule has 1 rings (SSSR count). The van der Waals surface area contributed by atoms with Gasteiger partial charge >= 0.3 is 0 Å². The predicted octanol–water partition coefficient (Wildman–Crippen LogP) is 0.230. The lowest BCUT2D eigenvalue weighted by molar-refractivity contribution is -0.130. The van der Waals surface area contributed by atoms with Gasteiger partial charge < -0.3 is 20.1 Å². The normalized spacial score (nSPS) is 21.6. The number of hydrogen-bond acceptors (Lipinski definition) is 4. The summed E-state index contributed by atoms with van der Waals surface area (Å²) in [6.45, 7) is 6.96. The van der Waals surface area contributed by atoms with Crippen molar-refractivity contribution in [1.82, 2.24) is 10.2 Å². The first-order valence-electron chi connectivity index (χ1n) is 6.73. The zero-order chi connectivity index (χ0) is 13.5. The van der Waals surface area contributed by atoms with E-state index in [2.05, 4.69) is 17.1 Å². The summed E-state index contributed by atoms with van der Waals surface area (Å²) >= 11 is 0. The third kappa shape index (κ3) is 5.33. The minimum Gasteiger partial charge on any atom is -0.390 e. The Morgan fingerprint density at radius 3 is 2.67 bits per heavy atom. The second-order valence-electron chi connectivity index (χ2n) is 5.26. The average Bonchev–Trinajstić information content (AvgIpc) is 2.37. The van der Waals surface area contributed by atoms with E-state index >= 15 is 0 Å². The number of rotatable bonds is 6. The number of ether oxygens (including phenoxy) is 1. The van der Waals surface area contributed by atoms with Gasteiger partial charge in [-0.2, -0.15) is 0 Å². The zero-order valence-corrected chi connectivity index (χ0v) is 11.7. The van der Waals surface area contributed by atoms with E-state index < -0.39 is 12.2 Å². The van der Waals surface area contributed by atoms with Crippen LogP contribution in [-0.2, 0) is 9.53 Å². The number of hydrogen-bond donors (Lipinski definition) is 2. The largest absolute Gasteiger partial charge is 0.390 e. The Bertz CT molecular complexity index is 253. The third-order valence-electron chi connectivity index (χ3n) is 3.58. The fraction of sp³-hybridized carbons (Fsp3) is 0.923. The first-order chi connectivity index (χ1) is 8.52. The highest BCUT2D eigenvalue weighted by atomic mass is 16.5. The molecule has 5 nitrogen and oxygen atoms in total. The summed E-state index contributed by atoms with van der Waals surface area (Å²) < 4.78 is 4.90. The lowest BCUT2D eigenvalue weighted by atomic mass is 9.99. The Balaban J connectivity index is 2.17. The molecule has 106 valence electrons. The maximum atomic E-state index is 11.5. The Morgan fingerprint density at radius 2 is 2.11 bits per heavy atom. The molecular weight excluding hydrogens is 232 g/mol. The number of carbonyl (C=O) groups is 1. The Labute approximate surface area is 109 Å². The molecule has 1 saturated heterocycles. The summed E-state index contributed by atoms with van der Waals surface area (Å²) in [5, 5.41) is 12.6. The number of methoxy groups -OCH3 is 1. The molecule has 0 bridgehead atoms. The molecule has 0 aliphatic carbocycles. The highest BCUT2D eigenvalue weighted by Gasteiger charge is 2.19. The van der Waals surface area contributed by atoms with E-state index in [1.165, 1.54) is 20.0 Å². The number of aliphatic hydroxyl groups is 1. The number of piperidine rings is 1. The molecule has 2 N–H and O–H groups in total. The van der Waals surface area contributed by atoms with Crippen molar-refractivity contribution in [1.29, 1.82) is 0 Å². The molecule has 0 aromatic rings. The molecule has 0 spiro atoms. The molecule has 1 heterocycles. The van der Waals surface area contributed by atoms with Gasteiger partial charge in [0.15, 0.2) is 0 Å². The van der Waals surface area contributed by atoms with E-state index in [-0.39, 0.29) is 5.91 Å². The van der Waals surface area contributed by atoms with Crippen LogP contribution in [0, 0.1) is 5.92 Å². The van der Waals surface area contributed by atoms with Gasteiger partial charge in [-0.3, -0.25) is 4.79 Å². The molecular formula is C13H26N2O3. The van der Waals surface area contributed by atoms with E-state index in [0.717, 1.165) is 19.0 Å². The number of aliphatic hydroxyl groups excluding tert-OH is 1. The standard InChI is InChI=1S/C13H26N2O3/c1-10-4-6-15(7-5-10)9-12(16)8-14-13(17)11(2)18-3/h10-12,16H,4-9H2,1-3H3,(H,14,17)/t11-,12+/m1/s1. The number of nitrogens with one attached hydrogen (secondary N) is 1. The van der Waals surface area contributed by atoms with Gasteiger partial charge in [-0.25, -0.2) is 0 Å². The van der Waals surface area contributed by atoms with Gasteiger partial charge in [-0.15, -0.1) is 0 Å². The van der Waals surface area contributed by atoms with E-state index in [0.29, 0.717) is 13.1 Å². The lowest BCUT2D eigenvalue weighted by Gasteiger charge is -2.31. The van der Waals surface area contributed by atoms with E-state index in [9.17, 15) is 9.90 Å². The van der Waals surface area contributed by atoms with Gasteiger partial charge in [0.05, 0.1) is 6.10 Å². The minimum atomic E-state index is -0.508. The molecule has 2 atom stereocenters. The predicted molar refractivity (Wildman–Crippen MR) is 70.3 cm³/mol. The first kappa shape index (κ1) is 15.4. The first-order valence-corrected chi connectivity index (χ1v) is 6.73. The van der Waals surface area contributed by atoms with Crippen molar-refractivity contribution in [2.24, 2.45) is 5.92 Å². The highest BCUT2D eigenvalue weighted by molar-refractivity contribution is 5.80. The highest BCUT2D eigenvalue weighted by Crippen LogP contribution is 2.15. The molecule has 0 unspecified atom stereocenters. The number of β-amino-alcohol motifs (C(OH)–C–C–N with tert-alkyl or cyclic N) is 1. The zero-order valence-electron chi connectivity index (χ0n) is 11.7. The summed E-state index contributed by atoms with van der Waals surface area (Å²) in [5.41, 5.74) is 0. The van der Waals surface area contributed by atoms with Crippen LogP contribution in [0.3, 0.4) is 0 Å². The topological polar surface area (TPSA) is 61.8 Å². The quantitative estimate of drug-likeness (QED) is 0.716. The van der Waals surface area contributed by atoms with Gasteiger partial charge in [0, 0.05) is 20.2 Å². The molecule has 0 aromatic carbocycles. The van der Waals surface area contributed by atoms with E-state index in [1.807, 2.05) is 0 Å². The molecule has 5 heteroatoms. The van der Waals surface area contributed by atoms with Crippen LogP contribution in [0.15, 0.2) is 0 Å². The SMILES string of the molecule is CO[C@H](C)C(=O)NC[C@H](O)CN1CCC(C)CC1. The van der Waals surface area contributed by atoms with Gasteiger partial charge in [-0.05, 0) is 38.8 Å². The molecule has 1 aliphatic rings. The summed E-state index contributed by atoms with van der Waals surface area (Å²) in [6.07, 6.45) is 1.42. The van der Waals surface area contributed by atoms with Crippen molar-refractivity contribution in [3.05, 3.63) is 0 Å². The van der Waals surface area contributed by atoms with Crippen LogP contribution in [0.5, 0.6) is 0 Å².